The van der Waals surface area contributed by atoms with Crippen LogP contribution in [0.3, 0.4) is 0 Å². The fourth-order valence-electron chi connectivity index (χ4n) is 3.06. The molecule has 1 unspecified atom stereocenters. The van der Waals surface area contributed by atoms with E-state index in [0.717, 1.165) is 45.2 Å². The van der Waals surface area contributed by atoms with Crippen molar-refractivity contribution < 1.29 is 0 Å². The first kappa shape index (κ1) is 19.6. The molecule has 0 spiro atoms. The molecule has 0 bridgehead atoms. The summed E-state index contributed by atoms with van der Waals surface area (Å²) in [5, 5.41) is 6.79. The van der Waals surface area contributed by atoms with Gasteiger partial charge in [0.25, 0.3) is 0 Å². The van der Waals surface area contributed by atoms with Crippen LogP contribution in [-0.4, -0.2) is 61.7 Å². The van der Waals surface area contributed by atoms with Crippen LogP contribution in [0, 0.1) is 0 Å². The van der Waals surface area contributed by atoms with Gasteiger partial charge in [0.05, 0.1) is 6.54 Å². The van der Waals surface area contributed by atoms with Gasteiger partial charge in [-0.2, -0.15) is 0 Å². The number of hydrogen-bond acceptors (Lipinski definition) is 3. The number of para-hydroxylation sites is 1. The SMILES string of the molecule is CCNC(=NCC(C)N1CCN(c2ccccc2)CC1)NC(C)(C)C. The Morgan fingerprint density at radius 1 is 1.12 bits per heavy atom. The Kier molecular flexibility index (Phi) is 7.12. The van der Waals surface area contributed by atoms with E-state index in [0.29, 0.717) is 6.04 Å². The van der Waals surface area contributed by atoms with E-state index in [1.54, 1.807) is 0 Å². The highest BCUT2D eigenvalue weighted by atomic mass is 15.3. The number of anilines is 1. The number of hydrogen-bond donors (Lipinski definition) is 2. The molecule has 5 nitrogen and oxygen atoms in total. The first-order valence-corrected chi connectivity index (χ1v) is 9.49. The van der Waals surface area contributed by atoms with Gasteiger partial charge in [0, 0.05) is 50.0 Å². The lowest BCUT2D eigenvalue weighted by atomic mass is 10.1. The lowest BCUT2D eigenvalue weighted by Crippen LogP contribution is -2.51. The maximum atomic E-state index is 4.79. The van der Waals surface area contributed by atoms with E-state index in [1.165, 1.54) is 5.69 Å². The van der Waals surface area contributed by atoms with Crippen molar-refractivity contribution in [1.29, 1.82) is 0 Å². The lowest BCUT2D eigenvalue weighted by molar-refractivity contribution is 0.201. The fourth-order valence-corrected chi connectivity index (χ4v) is 3.06. The molecule has 1 fully saturated rings. The van der Waals surface area contributed by atoms with Gasteiger partial charge in [-0.3, -0.25) is 9.89 Å². The highest BCUT2D eigenvalue weighted by Crippen LogP contribution is 2.16. The summed E-state index contributed by atoms with van der Waals surface area (Å²) in [6, 6.07) is 11.2. The van der Waals surface area contributed by atoms with Crippen LogP contribution in [0.15, 0.2) is 35.3 Å². The van der Waals surface area contributed by atoms with Crippen molar-refractivity contribution >= 4 is 11.6 Å². The van der Waals surface area contributed by atoms with Crippen molar-refractivity contribution in [1.82, 2.24) is 15.5 Å². The summed E-state index contributed by atoms with van der Waals surface area (Å²) in [5.41, 5.74) is 1.35. The Morgan fingerprint density at radius 2 is 1.76 bits per heavy atom. The predicted molar refractivity (Wildman–Crippen MR) is 109 cm³/mol. The summed E-state index contributed by atoms with van der Waals surface area (Å²) in [6.45, 7) is 16.9. The molecule has 140 valence electrons. The quantitative estimate of drug-likeness (QED) is 0.636. The summed E-state index contributed by atoms with van der Waals surface area (Å²) in [4.78, 5) is 9.81. The van der Waals surface area contributed by atoms with Crippen molar-refractivity contribution in [3.63, 3.8) is 0 Å². The summed E-state index contributed by atoms with van der Waals surface area (Å²) < 4.78 is 0. The van der Waals surface area contributed by atoms with Crippen molar-refractivity contribution in [2.45, 2.75) is 46.2 Å². The standard InChI is InChI=1S/C20H35N5/c1-6-21-19(23-20(3,4)5)22-16-17(2)24-12-14-25(15-13-24)18-10-8-7-9-11-18/h7-11,17H,6,12-16H2,1-5H3,(H2,21,22,23). The van der Waals surface area contributed by atoms with Crippen LogP contribution >= 0.6 is 0 Å². The zero-order valence-corrected chi connectivity index (χ0v) is 16.5. The van der Waals surface area contributed by atoms with Crippen LogP contribution in [0.4, 0.5) is 5.69 Å². The second-order valence-electron chi connectivity index (χ2n) is 7.80. The second-order valence-corrected chi connectivity index (χ2v) is 7.80. The van der Waals surface area contributed by atoms with Gasteiger partial charge in [0.15, 0.2) is 5.96 Å². The molecule has 0 aliphatic carbocycles. The predicted octanol–water partition coefficient (Wildman–Crippen LogP) is 2.55. The highest BCUT2D eigenvalue weighted by molar-refractivity contribution is 5.80. The summed E-state index contributed by atoms with van der Waals surface area (Å²) in [6.07, 6.45) is 0. The molecule has 1 atom stereocenters. The maximum absolute atomic E-state index is 4.79. The van der Waals surface area contributed by atoms with E-state index in [4.69, 9.17) is 4.99 Å². The number of nitrogens with one attached hydrogen (secondary N) is 2. The molecule has 0 radical (unpaired) electrons. The van der Waals surface area contributed by atoms with Crippen LogP contribution in [-0.2, 0) is 0 Å². The van der Waals surface area contributed by atoms with E-state index in [1.807, 2.05) is 0 Å². The van der Waals surface area contributed by atoms with Gasteiger partial charge in [-0.05, 0) is 46.8 Å². The molecule has 25 heavy (non-hydrogen) atoms. The second kappa shape index (κ2) is 9.09. The Morgan fingerprint density at radius 3 is 2.32 bits per heavy atom. The molecule has 1 aliphatic rings. The minimum atomic E-state index is 0.0194. The van der Waals surface area contributed by atoms with Crippen LogP contribution in [0.5, 0.6) is 0 Å². The highest BCUT2D eigenvalue weighted by Gasteiger charge is 2.21. The van der Waals surface area contributed by atoms with E-state index in [2.05, 4.69) is 85.4 Å². The molecule has 1 aliphatic heterocycles. The summed E-state index contributed by atoms with van der Waals surface area (Å²) in [5.74, 6) is 0.907. The molecule has 0 amide bonds. The topological polar surface area (TPSA) is 42.9 Å². The van der Waals surface area contributed by atoms with Crippen molar-refractivity contribution in [3.05, 3.63) is 30.3 Å². The minimum absolute atomic E-state index is 0.0194. The smallest absolute Gasteiger partial charge is 0.191 e. The molecule has 2 rings (SSSR count). The van der Waals surface area contributed by atoms with E-state index >= 15 is 0 Å². The molecule has 0 saturated carbocycles. The third kappa shape index (κ3) is 6.58. The molecule has 5 heteroatoms. The van der Waals surface area contributed by atoms with Gasteiger partial charge < -0.3 is 15.5 Å². The van der Waals surface area contributed by atoms with Gasteiger partial charge in [-0.25, -0.2) is 0 Å². The Hall–Kier alpha value is -1.75. The number of benzene rings is 1. The van der Waals surface area contributed by atoms with Gasteiger partial charge in [-0.15, -0.1) is 0 Å². The normalized spacial score (nSPS) is 18.1. The van der Waals surface area contributed by atoms with Gasteiger partial charge in [-0.1, -0.05) is 18.2 Å². The average Bonchev–Trinajstić information content (AvgIpc) is 2.59. The Balaban J connectivity index is 1.85. The number of rotatable bonds is 5. The summed E-state index contributed by atoms with van der Waals surface area (Å²) >= 11 is 0. The zero-order chi connectivity index (χ0) is 18.3. The Labute approximate surface area is 153 Å². The first-order valence-electron chi connectivity index (χ1n) is 9.49. The average molecular weight is 346 g/mol. The minimum Gasteiger partial charge on any atom is -0.369 e. The van der Waals surface area contributed by atoms with E-state index in [-0.39, 0.29) is 5.54 Å². The fraction of sp³-hybridized carbons (Fsp3) is 0.650. The molecular weight excluding hydrogens is 310 g/mol. The largest absolute Gasteiger partial charge is 0.369 e. The summed E-state index contributed by atoms with van der Waals surface area (Å²) in [7, 11) is 0. The number of aliphatic imine (C=N–C) groups is 1. The molecule has 2 N–H and O–H groups in total. The first-order chi connectivity index (χ1) is 11.9. The van der Waals surface area contributed by atoms with Crippen LogP contribution in [0.2, 0.25) is 0 Å². The molecule has 1 aromatic rings. The Bertz CT molecular complexity index is 527. The van der Waals surface area contributed by atoms with Crippen LogP contribution < -0.4 is 15.5 Å². The van der Waals surface area contributed by atoms with Gasteiger partial charge in [0.1, 0.15) is 0 Å². The third-order valence-corrected chi connectivity index (χ3v) is 4.41. The number of nitrogens with zero attached hydrogens (tertiary/aromatic N) is 3. The van der Waals surface area contributed by atoms with Crippen molar-refractivity contribution in [2.24, 2.45) is 4.99 Å². The molecule has 1 aromatic carbocycles. The van der Waals surface area contributed by atoms with Crippen molar-refractivity contribution in [2.75, 3.05) is 44.2 Å². The maximum Gasteiger partial charge on any atom is 0.191 e. The zero-order valence-electron chi connectivity index (χ0n) is 16.5. The van der Waals surface area contributed by atoms with E-state index < -0.39 is 0 Å². The number of piperazine rings is 1. The molecule has 1 heterocycles. The third-order valence-electron chi connectivity index (χ3n) is 4.41. The van der Waals surface area contributed by atoms with Crippen molar-refractivity contribution in [3.8, 4) is 0 Å². The molecule has 1 saturated heterocycles. The monoisotopic (exact) mass is 345 g/mol. The lowest BCUT2D eigenvalue weighted by Gasteiger charge is -2.38. The van der Waals surface area contributed by atoms with E-state index in [9.17, 15) is 0 Å². The van der Waals surface area contributed by atoms with Crippen LogP contribution in [0.1, 0.15) is 34.6 Å². The molecule has 0 aromatic heterocycles. The van der Waals surface area contributed by atoms with Gasteiger partial charge in [0.2, 0.25) is 0 Å². The van der Waals surface area contributed by atoms with Crippen LogP contribution in [0.25, 0.3) is 0 Å². The van der Waals surface area contributed by atoms with Gasteiger partial charge >= 0.3 is 0 Å². The molecular formula is C20H35N5. The number of guanidine groups is 1.